The lowest BCUT2D eigenvalue weighted by atomic mass is 9.84. The minimum Gasteiger partial charge on any atom is -0.335 e. The molecule has 30 heavy (non-hydrogen) atoms. The number of nitrogens with zero attached hydrogens (tertiary/aromatic N) is 1. The van der Waals surface area contributed by atoms with Crippen molar-refractivity contribution in [2.45, 2.75) is 69.6 Å². The van der Waals surface area contributed by atoms with E-state index in [2.05, 4.69) is 39.8 Å². The van der Waals surface area contributed by atoms with Crippen LogP contribution in [0.15, 0.2) is 54.6 Å². The molecule has 2 N–H and O–H groups in total. The number of benzene rings is 2. The molecule has 0 spiro atoms. The van der Waals surface area contributed by atoms with Crippen LogP contribution in [0.25, 0.3) is 0 Å². The van der Waals surface area contributed by atoms with E-state index < -0.39 is 0 Å². The molecule has 3 aliphatic rings. The maximum Gasteiger partial charge on any atom is 0.315 e. The van der Waals surface area contributed by atoms with E-state index in [0.717, 1.165) is 24.3 Å². The molecule has 2 heterocycles. The van der Waals surface area contributed by atoms with E-state index in [4.69, 9.17) is 0 Å². The molecule has 158 valence electrons. The fourth-order valence-electron chi connectivity index (χ4n) is 5.90. The molecule has 0 radical (unpaired) electrons. The average molecular weight is 404 g/mol. The van der Waals surface area contributed by atoms with Gasteiger partial charge in [0.2, 0.25) is 0 Å². The number of fused-ring (bicyclic) bond motifs is 5. The Kier molecular flexibility index (Phi) is 5.76. The second-order valence-electron chi connectivity index (χ2n) is 9.29. The highest BCUT2D eigenvalue weighted by Crippen LogP contribution is 2.53. The summed E-state index contributed by atoms with van der Waals surface area (Å²) in [5.74, 6) is 0.804. The minimum absolute atomic E-state index is 0.0336. The van der Waals surface area contributed by atoms with Crippen molar-refractivity contribution in [3.05, 3.63) is 71.3 Å². The molecule has 5 rings (SSSR count). The van der Waals surface area contributed by atoms with Crippen LogP contribution in [-0.4, -0.2) is 23.5 Å². The topological polar surface area (TPSA) is 44.4 Å². The van der Waals surface area contributed by atoms with Gasteiger partial charge in [-0.1, -0.05) is 54.6 Å². The number of carbonyl (C=O) groups is 1. The van der Waals surface area contributed by atoms with Gasteiger partial charge in [-0.2, -0.15) is 0 Å². The van der Waals surface area contributed by atoms with Crippen LogP contribution in [0.1, 0.15) is 73.7 Å². The number of hydrogen-bond acceptors (Lipinski definition) is 2. The lowest BCUT2D eigenvalue weighted by molar-refractivity contribution is 0.185. The molecule has 4 nitrogen and oxygen atoms in total. The molecule has 1 saturated heterocycles. The first-order chi connectivity index (χ1) is 14.8. The highest BCUT2D eigenvalue weighted by Gasteiger charge is 2.43. The maximum absolute atomic E-state index is 12.2. The number of urea groups is 1. The molecule has 1 saturated carbocycles. The Morgan fingerprint density at radius 2 is 1.47 bits per heavy atom. The maximum atomic E-state index is 12.2. The third kappa shape index (κ3) is 4.11. The summed E-state index contributed by atoms with van der Waals surface area (Å²) in [4.78, 5) is 15.0. The molecule has 2 unspecified atom stereocenters. The monoisotopic (exact) mass is 403 g/mol. The standard InChI is InChI=1S/C26H33N3O/c30-26(27-18-20-6-2-1-3-7-20)28-21-12-10-19(11-13-21)16-17-29-24-14-15-25(29)23-9-5-4-8-22(23)24/h1-9,19,21,24-25H,10-18H2,(H2,27,28,30). The first-order valence-electron chi connectivity index (χ1n) is 11.7. The fourth-order valence-corrected chi connectivity index (χ4v) is 5.90. The lowest BCUT2D eigenvalue weighted by Gasteiger charge is -2.31. The summed E-state index contributed by atoms with van der Waals surface area (Å²) in [6, 6.07) is 20.8. The van der Waals surface area contributed by atoms with Crippen LogP contribution in [0, 0.1) is 5.92 Å². The van der Waals surface area contributed by atoms with Crippen molar-refractivity contribution in [2.75, 3.05) is 6.54 Å². The van der Waals surface area contributed by atoms with Crippen LogP contribution >= 0.6 is 0 Å². The van der Waals surface area contributed by atoms with Crippen molar-refractivity contribution < 1.29 is 4.79 Å². The summed E-state index contributed by atoms with van der Waals surface area (Å²) in [5.41, 5.74) is 4.31. The van der Waals surface area contributed by atoms with Gasteiger partial charge in [0.15, 0.2) is 0 Å². The van der Waals surface area contributed by atoms with Gasteiger partial charge in [-0.3, -0.25) is 4.90 Å². The van der Waals surface area contributed by atoms with Crippen molar-refractivity contribution in [3.8, 4) is 0 Å². The number of carbonyl (C=O) groups excluding carboxylic acids is 1. The van der Waals surface area contributed by atoms with Crippen molar-refractivity contribution >= 4 is 6.03 Å². The molecule has 2 bridgehead atoms. The van der Waals surface area contributed by atoms with Crippen molar-refractivity contribution in [1.29, 1.82) is 0 Å². The van der Waals surface area contributed by atoms with Crippen molar-refractivity contribution in [1.82, 2.24) is 15.5 Å². The Balaban J connectivity index is 1.03. The second-order valence-corrected chi connectivity index (χ2v) is 9.29. The summed E-state index contributed by atoms with van der Waals surface area (Å²) in [7, 11) is 0. The van der Waals surface area contributed by atoms with Gasteiger partial charge in [0.1, 0.15) is 0 Å². The summed E-state index contributed by atoms with van der Waals surface area (Å²) >= 11 is 0. The molecular formula is C26H33N3O. The number of nitrogens with one attached hydrogen (secondary N) is 2. The normalized spacial score (nSPS) is 27.6. The SMILES string of the molecule is O=C(NCc1ccccc1)NC1CCC(CCN2C3CCC2c2ccccc23)CC1. The lowest BCUT2D eigenvalue weighted by Crippen LogP contribution is -2.43. The molecule has 2 aromatic rings. The first kappa shape index (κ1) is 19.6. The fraction of sp³-hybridized carbons (Fsp3) is 0.500. The van der Waals surface area contributed by atoms with Crippen molar-refractivity contribution in [3.63, 3.8) is 0 Å². The second kappa shape index (κ2) is 8.81. The highest BCUT2D eigenvalue weighted by molar-refractivity contribution is 5.74. The molecule has 2 fully saturated rings. The summed E-state index contributed by atoms with van der Waals surface area (Å²) in [6.07, 6.45) is 8.65. The Hall–Kier alpha value is -2.33. The van der Waals surface area contributed by atoms with Crippen LogP contribution in [0.2, 0.25) is 0 Å². The Bertz CT molecular complexity index is 829. The molecule has 2 aromatic carbocycles. The summed E-state index contributed by atoms with van der Waals surface area (Å²) in [6.45, 7) is 1.81. The van der Waals surface area contributed by atoms with Gasteiger partial charge >= 0.3 is 6.03 Å². The summed E-state index contributed by atoms with van der Waals surface area (Å²) < 4.78 is 0. The zero-order valence-corrected chi connectivity index (χ0v) is 17.7. The minimum atomic E-state index is -0.0336. The Morgan fingerprint density at radius 1 is 0.833 bits per heavy atom. The number of amides is 2. The largest absolute Gasteiger partial charge is 0.335 e. The molecule has 2 amide bonds. The Morgan fingerprint density at radius 3 is 2.13 bits per heavy atom. The van der Waals surface area contributed by atoms with E-state index in [1.807, 2.05) is 30.3 Å². The highest BCUT2D eigenvalue weighted by atomic mass is 16.2. The van der Waals surface area contributed by atoms with Gasteiger partial charge in [-0.25, -0.2) is 4.79 Å². The van der Waals surface area contributed by atoms with E-state index >= 15 is 0 Å². The van der Waals surface area contributed by atoms with Crippen LogP contribution in [0.5, 0.6) is 0 Å². The molecule has 0 aromatic heterocycles. The molecule has 2 aliphatic heterocycles. The third-order valence-electron chi connectivity index (χ3n) is 7.50. The molecule has 1 aliphatic carbocycles. The van der Waals surface area contributed by atoms with Gasteiger partial charge in [0.25, 0.3) is 0 Å². The number of hydrogen-bond donors (Lipinski definition) is 2. The van der Waals surface area contributed by atoms with Crippen LogP contribution < -0.4 is 10.6 Å². The van der Waals surface area contributed by atoms with Gasteiger partial charge < -0.3 is 10.6 Å². The third-order valence-corrected chi connectivity index (χ3v) is 7.50. The molecule has 2 atom stereocenters. The van der Waals surface area contributed by atoms with Gasteiger partial charge in [-0.15, -0.1) is 0 Å². The summed E-state index contributed by atoms with van der Waals surface area (Å²) in [5, 5.41) is 6.17. The van der Waals surface area contributed by atoms with Crippen LogP contribution in [0.4, 0.5) is 4.79 Å². The molecular weight excluding hydrogens is 370 g/mol. The van der Waals surface area contributed by atoms with Gasteiger partial charge in [0, 0.05) is 24.7 Å². The number of rotatable bonds is 6. The Labute approximate surface area is 180 Å². The van der Waals surface area contributed by atoms with E-state index in [9.17, 15) is 4.79 Å². The van der Waals surface area contributed by atoms with Gasteiger partial charge in [0.05, 0.1) is 0 Å². The van der Waals surface area contributed by atoms with E-state index in [-0.39, 0.29) is 6.03 Å². The van der Waals surface area contributed by atoms with Crippen LogP contribution in [0.3, 0.4) is 0 Å². The van der Waals surface area contributed by atoms with E-state index in [1.54, 1.807) is 11.1 Å². The smallest absolute Gasteiger partial charge is 0.315 e. The average Bonchev–Trinajstić information content (AvgIpc) is 3.34. The predicted octanol–water partition coefficient (Wildman–Crippen LogP) is 5.33. The van der Waals surface area contributed by atoms with Gasteiger partial charge in [-0.05, 0) is 74.1 Å². The van der Waals surface area contributed by atoms with Crippen molar-refractivity contribution in [2.24, 2.45) is 5.92 Å². The van der Waals surface area contributed by atoms with E-state index in [1.165, 1.54) is 38.6 Å². The van der Waals surface area contributed by atoms with E-state index in [0.29, 0.717) is 24.7 Å². The quantitative estimate of drug-likeness (QED) is 0.685. The zero-order valence-electron chi connectivity index (χ0n) is 17.7. The first-order valence-corrected chi connectivity index (χ1v) is 11.7. The predicted molar refractivity (Wildman–Crippen MR) is 120 cm³/mol. The molecule has 4 heteroatoms. The van der Waals surface area contributed by atoms with Crippen LogP contribution in [-0.2, 0) is 6.54 Å². The zero-order chi connectivity index (χ0) is 20.3.